The molecule has 8 heteroatoms. The van der Waals surface area contributed by atoms with Gasteiger partial charge >= 0.3 is 0 Å². The second-order valence-electron chi connectivity index (χ2n) is 6.15. The van der Waals surface area contributed by atoms with Gasteiger partial charge in [0.2, 0.25) is 10.0 Å². The molecule has 130 valence electrons. The van der Waals surface area contributed by atoms with Gasteiger partial charge in [0.05, 0.1) is 23.8 Å². The Morgan fingerprint density at radius 2 is 1.92 bits per heavy atom. The van der Waals surface area contributed by atoms with Crippen molar-refractivity contribution in [1.29, 1.82) is 0 Å². The third-order valence-electron chi connectivity index (χ3n) is 4.31. The summed E-state index contributed by atoms with van der Waals surface area (Å²) >= 11 is 0. The highest BCUT2D eigenvalue weighted by molar-refractivity contribution is 7.89. The summed E-state index contributed by atoms with van der Waals surface area (Å²) < 4.78 is 29.0. The Balaban J connectivity index is 1.58. The minimum atomic E-state index is -3.29. The Labute approximate surface area is 142 Å². The maximum Gasteiger partial charge on any atom is 0.213 e. The summed E-state index contributed by atoms with van der Waals surface area (Å²) in [7, 11) is -3.29. The van der Waals surface area contributed by atoms with E-state index in [0.717, 1.165) is 24.3 Å². The van der Waals surface area contributed by atoms with Crippen LogP contribution in [0, 0.1) is 0 Å². The zero-order valence-corrected chi connectivity index (χ0v) is 14.6. The summed E-state index contributed by atoms with van der Waals surface area (Å²) in [5.74, 6) is 0.147. The second-order valence-corrected chi connectivity index (χ2v) is 8.02. The first kappa shape index (κ1) is 17.1. The molecule has 1 N–H and O–H groups in total. The van der Waals surface area contributed by atoms with Crippen LogP contribution in [0.4, 0.5) is 0 Å². The summed E-state index contributed by atoms with van der Waals surface area (Å²) in [6.45, 7) is 4.48. The number of rotatable bonds is 7. The standard InChI is InChI=1S/C16H23N5O2S/c1-14(18-24(22,23)13-12-20-9-2-3-10-20)15-4-6-16(7-5-15)21-11-8-17-19-21/h4-8,11,14,18H,2-3,9-10,12-13H2,1H3/t14-/m0/s1. The van der Waals surface area contributed by atoms with E-state index in [1.54, 1.807) is 17.1 Å². The maximum atomic E-state index is 12.3. The van der Waals surface area contributed by atoms with Crippen LogP contribution in [0.3, 0.4) is 0 Å². The number of likely N-dealkylation sites (tertiary alicyclic amines) is 1. The molecule has 2 aromatic rings. The summed E-state index contributed by atoms with van der Waals surface area (Å²) in [5, 5.41) is 7.71. The lowest BCUT2D eigenvalue weighted by atomic mass is 10.1. The van der Waals surface area contributed by atoms with E-state index in [-0.39, 0.29) is 11.8 Å². The van der Waals surface area contributed by atoms with Gasteiger partial charge in [0.15, 0.2) is 0 Å². The lowest BCUT2D eigenvalue weighted by molar-refractivity contribution is 0.358. The minimum absolute atomic E-state index is 0.147. The third kappa shape index (κ3) is 4.40. The fourth-order valence-corrected chi connectivity index (χ4v) is 4.20. The molecule has 0 saturated carbocycles. The van der Waals surface area contributed by atoms with Crippen LogP contribution in [0.2, 0.25) is 0 Å². The highest BCUT2D eigenvalue weighted by Gasteiger charge is 2.19. The SMILES string of the molecule is C[C@H](NS(=O)(=O)CCN1CCCC1)c1ccc(-n2ccnn2)cc1. The normalized spacial score (nSPS) is 17.2. The Morgan fingerprint density at radius 1 is 1.21 bits per heavy atom. The summed E-state index contributed by atoms with van der Waals surface area (Å²) in [6, 6.07) is 7.35. The first-order chi connectivity index (χ1) is 11.5. The average molecular weight is 349 g/mol. The van der Waals surface area contributed by atoms with Crippen LogP contribution in [0.5, 0.6) is 0 Å². The monoisotopic (exact) mass is 349 g/mol. The lowest BCUT2D eigenvalue weighted by Gasteiger charge is -2.18. The van der Waals surface area contributed by atoms with Crippen molar-refractivity contribution in [3.8, 4) is 5.69 Å². The topological polar surface area (TPSA) is 80.1 Å². The van der Waals surface area contributed by atoms with Crippen LogP contribution in [0.15, 0.2) is 36.7 Å². The van der Waals surface area contributed by atoms with Gasteiger partial charge in [-0.25, -0.2) is 17.8 Å². The highest BCUT2D eigenvalue weighted by atomic mass is 32.2. The fourth-order valence-electron chi connectivity index (χ4n) is 2.91. The third-order valence-corrected chi connectivity index (χ3v) is 5.74. The quantitative estimate of drug-likeness (QED) is 0.816. The van der Waals surface area contributed by atoms with Gasteiger partial charge in [-0.15, -0.1) is 5.10 Å². The predicted molar refractivity (Wildman–Crippen MR) is 92.4 cm³/mol. The first-order valence-corrected chi connectivity index (χ1v) is 9.88. The molecule has 0 aliphatic carbocycles. The van der Waals surface area contributed by atoms with Crippen molar-refractivity contribution in [3.63, 3.8) is 0 Å². The van der Waals surface area contributed by atoms with Crippen LogP contribution in [-0.2, 0) is 10.0 Å². The molecular formula is C16H23N5O2S. The Bertz CT molecular complexity index is 737. The lowest BCUT2D eigenvalue weighted by Crippen LogP contribution is -2.34. The van der Waals surface area contributed by atoms with Crippen molar-refractivity contribution in [2.24, 2.45) is 0 Å². The molecule has 0 unspecified atom stereocenters. The van der Waals surface area contributed by atoms with Crippen molar-refractivity contribution in [3.05, 3.63) is 42.2 Å². The molecule has 24 heavy (non-hydrogen) atoms. The highest BCUT2D eigenvalue weighted by Crippen LogP contribution is 2.16. The van der Waals surface area contributed by atoms with Crippen LogP contribution < -0.4 is 4.72 Å². The van der Waals surface area contributed by atoms with Crippen molar-refractivity contribution >= 4 is 10.0 Å². The largest absolute Gasteiger partial charge is 0.302 e. The van der Waals surface area contributed by atoms with Crippen LogP contribution in [0.25, 0.3) is 5.69 Å². The predicted octanol–water partition coefficient (Wildman–Crippen LogP) is 1.34. The van der Waals surface area contributed by atoms with Gasteiger partial charge in [0.1, 0.15) is 0 Å². The number of sulfonamides is 1. The molecule has 0 spiro atoms. The molecule has 0 bridgehead atoms. The molecule has 1 atom stereocenters. The Hall–Kier alpha value is -1.77. The van der Waals surface area contributed by atoms with Crippen molar-refractivity contribution in [1.82, 2.24) is 24.6 Å². The molecule has 7 nitrogen and oxygen atoms in total. The Morgan fingerprint density at radius 3 is 2.54 bits per heavy atom. The number of hydrogen-bond acceptors (Lipinski definition) is 5. The van der Waals surface area contributed by atoms with Crippen molar-refractivity contribution in [2.75, 3.05) is 25.4 Å². The number of aromatic nitrogens is 3. The van der Waals surface area contributed by atoms with Crippen LogP contribution in [-0.4, -0.2) is 53.7 Å². The van der Waals surface area contributed by atoms with E-state index >= 15 is 0 Å². The van der Waals surface area contributed by atoms with Crippen LogP contribution in [0.1, 0.15) is 31.4 Å². The molecule has 1 fully saturated rings. The summed E-state index contributed by atoms with van der Waals surface area (Å²) in [6.07, 6.45) is 5.72. The van der Waals surface area contributed by atoms with E-state index in [0.29, 0.717) is 6.54 Å². The number of nitrogens with one attached hydrogen (secondary N) is 1. The zero-order chi connectivity index (χ0) is 17.0. The molecule has 1 aromatic heterocycles. The molecular weight excluding hydrogens is 326 g/mol. The maximum absolute atomic E-state index is 12.3. The van der Waals surface area contributed by atoms with Gasteiger partial charge in [-0.3, -0.25) is 0 Å². The van der Waals surface area contributed by atoms with Gasteiger partial charge in [0, 0.05) is 12.6 Å². The van der Waals surface area contributed by atoms with Gasteiger partial charge in [-0.1, -0.05) is 17.3 Å². The summed E-state index contributed by atoms with van der Waals surface area (Å²) in [4.78, 5) is 2.21. The molecule has 1 aliphatic rings. The van der Waals surface area contributed by atoms with Crippen molar-refractivity contribution < 1.29 is 8.42 Å². The molecule has 1 aliphatic heterocycles. The smallest absolute Gasteiger partial charge is 0.213 e. The van der Waals surface area contributed by atoms with E-state index in [4.69, 9.17) is 0 Å². The fraction of sp³-hybridized carbons (Fsp3) is 0.500. The van der Waals surface area contributed by atoms with Gasteiger partial charge in [-0.2, -0.15) is 0 Å². The molecule has 1 saturated heterocycles. The molecule has 0 radical (unpaired) electrons. The molecule has 0 amide bonds. The van der Waals surface area contributed by atoms with E-state index < -0.39 is 10.0 Å². The average Bonchev–Trinajstić information content (AvgIpc) is 3.26. The summed E-state index contributed by atoms with van der Waals surface area (Å²) in [5.41, 5.74) is 1.81. The van der Waals surface area contributed by atoms with Crippen molar-refractivity contribution in [2.45, 2.75) is 25.8 Å². The molecule has 3 rings (SSSR count). The number of hydrogen-bond donors (Lipinski definition) is 1. The first-order valence-electron chi connectivity index (χ1n) is 8.22. The number of benzene rings is 1. The van der Waals surface area contributed by atoms with Gasteiger partial charge in [0.25, 0.3) is 0 Å². The molecule has 1 aromatic carbocycles. The zero-order valence-electron chi connectivity index (χ0n) is 13.8. The van der Waals surface area contributed by atoms with E-state index in [9.17, 15) is 8.42 Å². The van der Waals surface area contributed by atoms with Gasteiger partial charge < -0.3 is 4.90 Å². The van der Waals surface area contributed by atoms with Gasteiger partial charge in [-0.05, 0) is 50.6 Å². The van der Waals surface area contributed by atoms with E-state index in [2.05, 4.69) is 19.9 Å². The van der Waals surface area contributed by atoms with E-state index in [1.165, 1.54) is 12.8 Å². The number of nitrogens with zero attached hydrogens (tertiary/aromatic N) is 4. The van der Waals surface area contributed by atoms with Crippen LogP contribution >= 0.6 is 0 Å². The minimum Gasteiger partial charge on any atom is -0.302 e. The second kappa shape index (κ2) is 7.42. The molecule has 2 heterocycles. The Kier molecular flexibility index (Phi) is 5.27. The van der Waals surface area contributed by atoms with E-state index in [1.807, 2.05) is 31.2 Å².